The van der Waals surface area contributed by atoms with Crippen molar-refractivity contribution in [3.8, 4) is 22.4 Å². The van der Waals surface area contributed by atoms with E-state index in [1.807, 2.05) is 56.4 Å². The highest BCUT2D eigenvalue weighted by molar-refractivity contribution is 6.38. The highest BCUT2D eigenvalue weighted by atomic mass is 16.2. The number of pyridine rings is 1. The van der Waals surface area contributed by atoms with Crippen molar-refractivity contribution in [1.82, 2.24) is 25.0 Å². The van der Waals surface area contributed by atoms with Crippen molar-refractivity contribution >= 4 is 36.4 Å². The Morgan fingerprint density at radius 1 is 1.15 bits per heavy atom. The smallest absolute Gasteiger partial charge is 0.289 e. The number of allylic oxidation sites excluding steroid dienone is 1. The molecule has 11 heteroatoms. The topological polar surface area (TPSA) is 164 Å². The van der Waals surface area contributed by atoms with Gasteiger partial charge in [0.25, 0.3) is 5.91 Å². The molecule has 3 heterocycles. The Labute approximate surface area is 239 Å². The van der Waals surface area contributed by atoms with Gasteiger partial charge in [-0.05, 0) is 51.6 Å². The van der Waals surface area contributed by atoms with Crippen LogP contribution in [0.2, 0.25) is 0 Å². The first-order chi connectivity index (χ1) is 19.8. The van der Waals surface area contributed by atoms with Crippen LogP contribution in [0.25, 0.3) is 28.2 Å². The first-order valence-electron chi connectivity index (χ1n) is 13.3. The van der Waals surface area contributed by atoms with Gasteiger partial charge in [0.05, 0.1) is 11.9 Å². The number of aromatic nitrogens is 3. The largest absolute Gasteiger partial charge is 0.383 e. The van der Waals surface area contributed by atoms with E-state index < -0.39 is 5.91 Å². The first kappa shape index (κ1) is 29.1. The van der Waals surface area contributed by atoms with Crippen molar-refractivity contribution in [2.45, 2.75) is 38.3 Å². The molecule has 0 bridgehead atoms. The summed E-state index contributed by atoms with van der Waals surface area (Å²) in [7, 11) is 1.84. The lowest BCUT2D eigenvalue weighted by atomic mass is 9.98. The monoisotopic (exact) mass is 552 g/mol. The number of aliphatic imine (C=N–C) groups is 2. The van der Waals surface area contributed by atoms with E-state index in [0.717, 1.165) is 52.7 Å². The van der Waals surface area contributed by atoms with E-state index in [-0.39, 0.29) is 17.9 Å². The quantitative estimate of drug-likeness (QED) is 0.171. The number of carbonyl (C=O) groups is 1. The number of likely N-dealkylation sites (N-methyl/N-ethyl adjacent to an activating group) is 1. The summed E-state index contributed by atoms with van der Waals surface area (Å²) in [4.78, 5) is 27.6. The molecular weight excluding hydrogens is 516 g/mol. The summed E-state index contributed by atoms with van der Waals surface area (Å²) in [6, 6.07) is 13.6. The average molecular weight is 553 g/mol. The van der Waals surface area contributed by atoms with Gasteiger partial charge in [0.2, 0.25) is 0 Å². The second-order valence-corrected chi connectivity index (χ2v) is 9.90. The normalized spacial score (nSPS) is 17.7. The molecule has 0 saturated carbocycles. The van der Waals surface area contributed by atoms with Crippen LogP contribution < -0.4 is 16.8 Å². The van der Waals surface area contributed by atoms with Crippen LogP contribution in [0.5, 0.6) is 0 Å². The minimum atomic E-state index is -0.405. The number of amidine groups is 1. The number of carbonyl (C=O) groups excluding carboxylic acids is 1. The number of hydrogen-bond acceptors (Lipinski definition) is 7. The van der Waals surface area contributed by atoms with Crippen molar-refractivity contribution < 1.29 is 4.79 Å². The molecule has 1 amide bonds. The molecule has 212 valence electrons. The molecule has 4 rings (SSSR count). The van der Waals surface area contributed by atoms with Crippen LogP contribution in [0.15, 0.2) is 82.6 Å². The lowest BCUT2D eigenvalue weighted by Gasteiger charge is -2.31. The summed E-state index contributed by atoms with van der Waals surface area (Å²) in [6.45, 7) is 10.4. The van der Waals surface area contributed by atoms with E-state index in [0.29, 0.717) is 24.6 Å². The fourth-order valence-corrected chi connectivity index (χ4v) is 5.25. The van der Waals surface area contributed by atoms with Crippen LogP contribution in [0.3, 0.4) is 0 Å². The standard InChI is InChI=1S/C30H36N10O/c1-19(2)24(14-22-11-12-23(16-34-3)39(22)30(41)27(32)37-18-31)28(33)40-29(35-4)25(17-38-40)21-10-13-26(36-15-21)20-8-6-5-7-9-20/h5-10,13,15,17-18,22-23,34H,1,4,11-12,14,16,33H2,2-3H3,(H3,31,32,37)/b28-24+. The number of benzene rings is 1. The maximum Gasteiger partial charge on any atom is 0.289 e. The molecule has 1 aromatic carbocycles. The van der Waals surface area contributed by atoms with Crippen LogP contribution in [-0.4, -0.2) is 70.1 Å². The van der Waals surface area contributed by atoms with Gasteiger partial charge in [0.1, 0.15) is 12.2 Å². The fraction of sp³-hybridized carbons (Fsp3) is 0.267. The minimum Gasteiger partial charge on any atom is -0.383 e. The number of likely N-dealkylation sites (tertiary alicyclic amines) is 1. The van der Waals surface area contributed by atoms with E-state index in [1.54, 1.807) is 22.0 Å². The van der Waals surface area contributed by atoms with Crippen molar-refractivity contribution in [2.24, 2.45) is 21.5 Å². The fourth-order valence-electron chi connectivity index (χ4n) is 5.25. The summed E-state index contributed by atoms with van der Waals surface area (Å²) in [5.74, 6) is 0.205. The van der Waals surface area contributed by atoms with Crippen LogP contribution in [-0.2, 0) is 4.79 Å². The summed E-state index contributed by atoms with van der Waals surface area (Å²) in [6.07, 6.45) is 6.21. The Bertz CT molecular complexity index is 1490. The van der Waals surface area contributed by atoms with Gasteiger partial charge in [-0.15, -0.1) is 0 Å². The van der Waals surface area contributed by atoms with E-state index in [1.165, 1.54) is 0 Å². The van der Waals surface area contributed by atoms with Crippen LogP contribution in [0, 0.1) is 5.41 Å². The Morgan fingerprint density at radius 3 is 2.49 bits per heavy atom. The van der Waals surface area contributed by atoms with Crippen molar-refractivity contribution in [1.29, 1.82) is 5.41 Å². The molecule has 0 spiro atoms. The zero-order valence-corrected chi connectivity index (χ0v) is 23.4. The summed E-state index contributed by atoms with van der Waals surface area (Å²) >= 11 is 0. The van der Waals surface area contributed by atoms with Gasteiger partial charge in [0, 0.05) is 41.5 Å². The molecule has 2 unspecified atom stereocenters. The van der Waals surface area contributed by atoms with Gasteiger partial charge in [-0.25, -0.2) is 9.98 Å². The highest BCUT2D eigenvalue weighted by Gasteiger charge is 2.38. The van der Waals surface area contributed by atoms with E-state index in [9.17, 15) is 4.79 Å². The third kappa shape index (κ3) is 6.15. The second kappa shape index (κ2) is 13.0. The van der Waals surface area contributed by atoms with Gasteiger partial charge in [-0.3, -0.25) is 15.2 Å². The van der Waals surface area contributed by atoms with Gasteiger partial charge in [-0.2, -0.15) is 9.78 Å². The van der Waals surface area contributed by atoms with Crippen LogP contribution >= 0.6 is 0 Å². The molecule has 2 aromatic heterocycles. The maximum atomic E-state index is 13.2. The first-order valence-corrected chi connectivity index (χ1v) is 13.3. The van der Waals surface area contributed by atoms with Gasteiger partial charge >= 0.3 is 0 Å². The summed E-state index contributed by atoms with van der Waals surface area (Å²) in [5.41, 5.74) is 17.6. The van der Waals surface area contributed by atoms with E-state index >= 15 is 0 Å². The van der Waals surface area contributed by atoms with Crippen molar-refractivity contribution in [3.05, 3.63) is 72.6 Å². The Balaban J connectivity index is 1.67. The van der Waals surface area contributed by atoms with Crippen LogP contribution in [0.4, 0.5) is 5.82 Å². The number of nitrogens with two attached hydrogens (primary N) is 2. The second-order valence-electron chi connectivity index (χ2n) is 9.90. The molecule has 2 atom stereocenters. The van der Waals surface area contributed by atoms with Gasteiger partial charge < -0.3 is 21.7 Å². The number of nitrogens with one attached hydrogen (secondary N) is 2. The van der Waals surface area contributed by atoms with Crippen molar-refractivity contribution in [3.63, 3.8) is 0 Å². The molecule has 1 aliphatic rings. The van der Waals surface area contributed by atoms with Gasteiger partial charge in [-0.1, -0.05) is 48.6 Å². The maximum absolute atomic E-state index is 13.2. The molecule has 0 radical (unpaired) electrons. The molecule has 1 saturated heterocycles. The Morgan fingerprint density at radius 2 is 1.88 bits per heavy atom. The average Bonchev–Trinajstić information content (AvgIpc) is 3.60. The third-order valence-corrected chi connectivity index (χ3v) is 7.25. The van der Waals surface area contributed by atoms with E-state index in [4.69, 9.17) is 16.9 Å². The highest BCUT2D eigenvalue weighted by Crippen LogP contribution is 2.35. The predicted octanol–water partition coefficient (Wildman–Crippen LogP) is 3.58. The predicted molar refractivity (Wildman–Crippen MR) is 165 cm³/mol. The molecule has 6 N–H and O–H groups in total. The lowest BCUT2D eigenvalue weighted by molar-refractivity contribution is -0.126. The molecule has 0 aliphatic carbocycles. The Hall–Kier alpha value is -4.90. The van der Waals surface area contributed by atoms with Crippen LogP contribution in [0.1, 0.15) is 26.2 Å². The molecule has 1 fully saturated rings. The van der Waals surface area contributed by atoms with E-state index in [2.05, 4.69) is 38.7 Å². The number of nitrogens with zero attached hydrogens (tertiary/aromatic N) is 6. The summed E-state index contributed by atoms with van der Waals surface area (Å²) in [5, 5.41) is 14.9. The van der Waals surface area contributed by atoms with Crippen molar-refractivity contribution in [2.75, 3.05) is 13.6 Å². The number of hydrogen-bond donors (Lipinski definition) is 4. The molecule has 41 heavy (non-hydrogen) atoms. The zero-order valence-electron chi connectivity index (χ0n) is 23.4. The SMILES string of the molecule is C=Nc1c(-c2ccc(-c3ccccc3)nc2)cnn1/C(N)=C(\CC1CCC(CNC)N1C(=O)C(N)=NC=N)C(=C)C. The lowest BCUT2D eigenvalue weighted by Crippen LogP contribution is -2.50. The molecule has 1 aliphatic heterocycles. The molecule has 3 aromatic rings. The minimum absolute atomic E-state index is 0.0716. The summed E-state index contributed by atoms with van der Waals surface area (Å²) < 4.78 is 1.55. The molecule has 11 nitrogen and oxygen atoms in total. The Kier molecular flexibility index (Phi) is 9.20. The zero-order chi connectivity index (χ0) is 29.5. The third-order valence-electron chi connectivity index (χ3n) is 7.25. The van der Waals surface area contributed by atoms with Gasteiger partial charge in [0.15, 0.2) is 11.7 Å². The molecular formula is C30H36N10O. The number of rotatable bonds is 10. The number of amides is 1.